The molecule has 0 radical (unpaired) electrons. The molecular weight excluding hydrogens is 309 g/mol. The van der Waals surface area contributed by atoms with E-state index in [0.717, 1.165) is 17.3 Å². The lowest BCUT2D eigenvalue weighted by Crippen LogP contribution is -2.36. The molecule has 2 atom stereocenters. The smallest absolute Gasteiger partial charge is 0.337 e. The second kappa shape index (κ2) is 6.51. The number of hydrogen-bond acceptors (Lipinski definition) is 3. The van der Waals surface area contributed by atoms with Gasteiger partial charge in [-0.2, -0.15) is 18.3 Å². The third-order valence-corrected chi connectivity index (χ3v) is 4.52. The number of aryl methyl sites for hydroxylation is 1. The fourth-order valence-corrected chi connectivity index (χ4v) is 3.26. The van der Waals surface area contributed by atoms with Crippen molar-refractivity contribution < 1.29 is 18.0 Å². The van der Waals surface area contributed by atoms with Crippen molar-refractivity contribution in [2.75, 3.05) is 27.2 Å². The number of rotatable bonds is 4. The molecule has 8 heteroatoms. The van der Waals surface area contributed by atoms with Gasteiger partial charge in [-0.3, -0.25) is 9.48 Å². The van der Waals surface area contributed by atoms with E-state index in [-0.39, 0.29) is 24.1 Å². The molecule has 1 aromatic heterocycles. The van der Waals surface area contributed by atoms with Gasteiger partial charge in [0.25, 0.3) is 5.91 Å². The van der Waals surface area contributed by atoms with Gasteiger partial charge in [0.1, 0.15) is 0 Å². The minimum atomic E-state index is -4.59. The van der Waals surface area contributed by atoms with Gasteiger partial charge < -0.3 is 9.80 Å². The van der Waals surface area contributed by atoms with E-state index in [2.05, 4.69) is 5.10 Å². The SMILES string of the molecule is CCC1CN(C(=O)c2cnn(CC)c2C(F)(F)F)CC1N(C)C. The molecule has 0 saturated carbocycles. The van der Waals surface area contributed by atoms with Crippen molar-refractivity contribution in [1.82, 2.24) is 19.6 Å². The highest BCUT2D eigenvalue weighted by Gasteiger charge is 2.43. The van der Waals surface area contributed by atoms with Crippen LogP contribution in [0.2, 0.25) is 0 Å². The fraction of sp³-hybridized carbons (Fsp3) is 0.733. The zero-order valence-electron chi connectivity index (χ0n) is 13.9. The van der Waals surface area contributed by atoms with Gasteiger partial charge in [0.05, 0.1) is 11.8 Å². The highest BCUT2D eigenvalue weighted by Crippen LogP contribution is 2.33. The van der Waals surface area contributed by atoms with Crippen LogP contribution < -0.4 is 0 Å². The van der Waals surface area contributed by atoms with Crippen LogP contribution in [0.4, 0.5) is 13.2 Å². The van der Waals surface area contributed by atoms with Crippen LogP contribution in [0.5, 0.6) is 0 Å². The molecule has 5 nitrogen and oxygen atoms in total. The van der Waals surface area contributed by atoms with E-state index in [1.54, 1.807) is 6.92 Å². The van der Waals surface area contributed by atoms with E-state index < -0.39 is 17.8 Å². The summed E-state index contributed by atoms with van der Waals surface area (Å²) >= 11 is 0. The summed E-state index contributed by atoms with van der Waals surface area (Å²) in [4.78, 5) is 16.2. The lowest BCUT2D eigenvalue weighted by Gasteiger charge is -2.23. The van der Waals surface area contributed by atoms with Crippen LogP contribution in [-0.2, 0) is 12.7 Å². The number of halogens is 3. The number of amides is 1. The summed E-state index contributed by atoms with van der Waals surface area (Å²) in [5.74, 6) is -0.315. The molecule has 2 heterocycles. The zero-order valence-corrected chi connectivity index (χ0v) is 13.9. The standard InChI is InChI=1S/C15H23F3N4O/c1-5-10-8-21(9-12(10)20(3)4)14(23)11-7-19-22(6-2)13(11)15(16,17)18/h7,10,12H,5-6,8-9H2,1-4H3. The second-order valence-electron chi connectivity index (χ2n) is 6.13. The van der Waals surface area contributed by atoms with E-state index in [1.807, 2.05) is 25.9 Å². The quantitative estimate of drug-likeness (QED) is 0.850. The van der Waals surface area contributed by atoms with Crippen LogP contribution >= 0.6 is 0 Å². The van der Waals surface area contributed by atoms with E-state index in [9.17, 15) is 18.0 Å². The number of likely N-dealkylation sites (tertiary alicyclic amines) is 1. The van der Waals surface area contributed by atoms with E-state index in [1.165, 1.54) is 4.90 Å². The molecule has 2 rings (SSSR count). The van der Waals surface area contributed by atoms with Crippen LogP contribution in [0.1, 0.15) is 36.3 Å². The predicted molar refractivity (Wildman–Crippen MR) is 80.1 cm³/mol. The minimum absolute atomic E-state index is 0.0695. The zero-order chi connectivity index (χ0) is 17.4. The Morgan fingerprint density at radius 3 is 2.43 bits per heavy atom. The van der Waals surface area contributed by atoms with Gasteiger partial charge >= 0.3 is 6.18 Å². The van der Waals surface area contributed by atoms with Crippen molar-refractivity contribution in [2.45, 2.75) is 39.0 Å². The first kappa shape index (κ1) is 17.8. The normalized spacial score (nSPS) is 22.2. The molecule has 0 aromatic carbocycles. The minimum Gasteiger partial charge on any atom is -0.337 e. The molecule has 130 valence electrons. The maximum atomic E-state index is 13.3. The first-order valence-electron chi connectivity index (χ1n) is 7.79. The molecule has 1 aliphatic heterocycles. The molecule has 0 aliphatic carbocycles. The average molecular weight is 332 g/mol. The molecule has 1 aromatic rings. The van der Waals surface area contributed by atoms with Crippen LogP contribution in [0.15, 0.2) is 6.20 Å². The van der Waals surface area contributed by atoms with Crippen molar-refractivity contribution in [1.29, 1.82) is 0 Å². The van der Waals surface area contributed by atoms with Gasteiger partial charge in [-0.15, -0.1) is 0 Å². The fourth-order valence-electron chi connectivity index (χ4n) is 3.26. The maximum absolute atomic E-state index is 13.3. The third-order valence-electron chi connectivity index (χ3n) is 4.52. The number of carbonyl (C=O) groups is 1. The molecule has 0 bridgehead atoms. The van der Waals surface area contributed by atoms with Crippen LogP contribution in [0.3, 0.4) is 0 Å². The third kappa shape index (κ3) is 3.36. The van der Waals surface area contributed by atoms with Crippen LogP contribution in [0.25, 0.3) is 0 Å². The first-order chi connectivity index (χ1) is 10.7. The summed E-state index contributed by atoms with van der Waals surface area (Å²) in [6.07, 6.45) is -2.67. The largest absolute Gasteiger partial charge is 0.433 e. The van der Waals surface area contributed by atoms with E-state index in [4.69, 9.17) is 0 Å². The number of carbonyl (C=O) groups excluding carboxylic acids is 1. The number of alkyl halides is 3. The Bertz CT molecular complexity index is 568. The van der Waals surface area contributed by atoms with Gasteiger partial charge in [0, 0.05) is 25.7 Å². The highest BCUT2D eigenvalue weighted by atomic mass is 19.4. The molecule has 1 saturated heterocycles. The number of aromatic nitrogens is 2. The Balaban J connectivity index is 2.30. The van der Waals surface area contributed by atoms with E-state index >= 15 is 0 Å². The monoisotopic (exact) mass is 332 g/mol. The topological polar surface area (TPSA) is 41.4 Å². The molecule has 0 N–H and O–H groups in total. The number of nitrogens with zero attached hydrogens (tertiary/aromatic N) is 4. The van der Waals surface area contributed by atoms with Crippen molar-refractivity contribution in [3.63, 3.8) is 0 Å². The van der Waals surface area contributed by atoms with Crippen molar-refractivity contribution in [2.24, 2.45) is 5.92 Å². The lowest BCUT2D eigenvalue weighted by atomic mass is 10.0. The average Bonchev–Trinajstić information content (AvgIpc) is 3.09. The number of likely N-dealkylation sites (N-methyl/N-ethyl adjacent to an activating group) is 1. The molecule has 2 unspecified atom stereocenters. The summed E-state index contributed by atoms with van der Waals surface area (Å²) < 4.78 is 40.7. The molecular formula is C15H23F3N4O. The van der Waals surface area contributed by atoms with E-state index in [0.29, 0.717) is 13.1 Å². The summed E-state index contributed by atoms with van der Waals surface area (Å²) in [5.41, 5.74) is -1.31. The predicted octanol–water partition coefficient (Wildman–Crippen LogP) is 2.33. The van der Waals surface area contributed by atoms with Gasteiger partial charge in [0.15, 0.2) is 5.69 Å². The first-order valence-corrected chi connectivity index (χ1v) is 7.79. The molecule has 1 aliphatic rings. The Morgan fingerprint density at radius 1 is 1.35 bits per heavy atom. The number of hydrogen-bond donors (Lipinski definition) is 0. The van der Waals surface area contributed by atoms with Gasteiger partial charge in [0.2, 0.25) is 0 Å². The summed E-state index contributed by atoms with van der Waals surface area (Å²) in [6.45, 7) is 4.60. The van der Waals surface area contributed by atoms with Gasteiger partial charge in [-0.25, -0.2) is 0 Å². The van der Waals surface area contributed by atoms with Crippen molar-refractivity contribution in [3.8, 4) is 0 Å². The summed E-state index contributed by atoms with van der Waals surface area (Å²) in [6, 6.07) is 0.166. The Labute approximate surface area is 134 Å². The van der Waals surface area contributed by atoms with Crippen LogP contribution in [-0.4, -0.2) is 58.7 Å². The molecule has 23 heavy (non-hydrogen) atoms. The summed E-state index contributed by atoms with van der Waals surface area (Å²) in [5, 5.41) is 3.73. The van der Waals surface area contributed by atoms with Crippen LogP contribution in [0, 0.1) is 5.92 Å². The second-order valence-corrected chi connectivity index (χ2v) is 6.13. The summed E-state index contributed by atoms with van der Waals surface area (Å²) in [7, 11) is 3.86. The highest BCUT2D eigenvalue weighted by molar-refractivity contribution is 5.95. The molecule has 1 amide bonds. The lowest BCUT2D eigenvalue weighted by molar-refractivity contribution is -0.144. The molecule has 0 spiro atoms. The Morgan fingerprint density at radius 2 is 2.00 bits per heavy atom. The Hall–Kier alpha value is -1.57. The Kier molecular flexibility index (Phi) is 5.03. The molecule has 1 fully saturated rings. The maximum Gasteiger partial charge on any atom is 0.433 e. The van der Waals surface area contributed by atoms with Crippen molar-refractivity contribution >= 4 is 5.91 Å². The van der Waals surface area contributed by atoms with Crippen molar-refractivity contribution in [3.05, 3.63) is 17.5 Å². The van der Waals surface area contributed by atoms with Gasteiger partial charge in [-0.05, 0) is 26.9 Å². The van der Waals surface area contributed by atoms with Gasteiger partial charge in [-0.1, -0.05) is 13.3 Å².